The quantitative estimate of drug-likeness (QED) is 0.630. The number of methoxy groups -OCH3 is 1. The lowest BCUT2D eigenvalue weighted by Crippen LogP contribution is -2.14. The second-order valence-corrected chi connectivity index (χ2v) is 6.19. The maximum absolute atomic E-state index is 12.2. The van der Waals surface area contributed by atoms with Gasteiger partial charge in [0, 0.05) is 42.7 Å². The predicted molar refractivity (Wildman–Crippen MR) is 104 cm³/mol. The van der Waals surface area contributed by atoms with Crippen molar-refractivity contribution in [1.29, 1.82) is 0 Å². The number of ether oxygens (including phenoxy) is 1. The molecule has 27 heavy (non-hydrogen) atoms. The number of Topliss-reactive ketones (excluding diaryl/α,β-unsaturated/α-hetero) is 1. The van der Waals surface area contributed by atoms with E-state index in [1.165, 1.54) is 6.07 Å². The zero-order valence-corrected chi connectivity index (χ0v) is 15.0. The highest BCUT2D eigenvalue weighted by Crippen LogP contribution is 2.20. The van der Waals surface area contributed by atoms with Crippen LogP contribution in [-0.2, 0) is 16.1 Å². The van der Waals surface area contributed by atoms with Crippen LogP contribution in [0.15, 0.2) is 59.4 Å². The van der Waals surface area contributed by atoms with Crippen molar-refractivity contribution in [2.24, 2.45) is 0 Å². The molecule has 0 radical (unpaired) electrons. The van der Waals surface area contributed by atoms with E-state index in [4.69, 9.17) is 4.74 Å². The average molecular weight is 364 g/mol. The molecule has 3 rings (SSSR count). The van der Waals surface area contributed by atoms with Gasteiger partial charge in [0.2, 0.25) is 11.5 Å². The zero-order chi connectivity index (χ0) is 19.2. The van der Waals surface area contributed by atoms with Crippen molar-refractivity contribution in [2.45, 2.75) is 19.4 Å². The average Bonchev–Trinajstić information content (AvgIpc) is 2.66. The van der Waals surface area contributed by atoms with E-state index >= 15 is 0 Å². The van der Waals surface area contributed by atoms with Crippen LogP contribution in [0.25, 0.3) is 10.9 Å². The maximum Gasteiger partial charge on any atom is 0.248 e. The zero-order valence-electron chi connectivity index (χ0n) is 15.0. The Morgan fingerprint density at radius 3 is 2.56 bits per heavy atom. The summed E-state index contributed by atoms with van der Waals surface area (Å²) in [6, 6.07) is 15.7. The molecular weight excluding hydrogens is 344 g/mol. The second kappa shape index (κ2) is 8.42. The monoisotopic (exact) mass is 364 g/mol. The molecule has 6 nitrogen and oxygen atoms in total. The number of H-pyrrole nitrogens is 1. The van der Waals surface area contributed by atoms with Gasteiger partial charge in [-0.05, 0) is 17.7 Å². The van der Waals surface area contributed by atoms with Gasteiger partial charge in [0.1, 0.15) is 0 Å². The van der Waals surface area contributed by atoms with Crippen molar-refractivity contribution in [2.75, 3.05) is 12.4 Å². The van der Waals surface area contributed by atoms with E-state index in [9.17, 15) is 14.4 Å². The fraction of sp³-hybridized carbons (Fsp3) is 0.190. The van der Waals surface area contributed by atoms with Crippen LogP contribution in [0.5, 0.6) is 0 Å². The Labute approximate surface area is 156 Å². The normalized spacial score (nSPS) is 10.7. The number of anilines is 1. The molecule has 0 saturated carbocycles. The third-order valence-electron chi connectivity index (χ3n) is 4.19. The SMILES string of the molecule is COCc1cc(=O)[nH]c2cc(NC(=O)CCC(=O)c3ccccc3)ccc12. The fourth-order valence-electron chi connectivity index (χ4n) is 2.90. The van der Waals surface area contributed by atoms with Crippen molar-refractivity contribution in [3.8, 4) is 0 Å². The molecule has 0 atom stereocenters. The van der Waals surface area contributed by atoms with Gasteiger partial charge in [-0.15, -0.1) is 0 Å². The van der Waals surface area contributed by atoms with Gasteiger partial charge < -0.3 is 15.0 Å². The summed E-state index contributed by atoms with van der Waals surface area (Å²) < 4.78 is 5.12. The molecule has 0 unspecified atom stereocenters. The fourth-order valence-corrected chi connectivity index (χ4v) is 2.90. The first-order valence-electron chi connectivity index (χ1n) is 8.60. The van der Waals surface area contributed by atoms with Gasteiger partial charge in [-0.3, -0.25) is 14.4 Å². The molecule has 2 aromatic carbocycles. The van der Waals surface area contributed by atoms with E-state index < -0.39 is 0 Å². The highest BCUT2D eigenvalue weighted by Gasteiger charge is 2.10. The smallest absolute Gasteiger partial charge is 0.248 e. The number of ketones is 1. The number of aromatic amines is 1. The van der Waals surface area contributed by atoms with Crippen LogP contribution >= 0.6 is 0 Å². The third-order valence-corrected chi connectivity index (χ3v) is 4.19. The van der Waals surface area contributed by atoms with E-state index in [0.717, 1.165) is 10.9 Å². The summed E-state index contributed by atoms with van der Waals surface area (Å²) in [6.07, 6.45) is 0.226. The maximum atomic E-state index is 12.2. The van der Waals surface area contributed by atoms with Crippen LogP contribution in [0.2, 0.25) is 0 Å². The van der Waals surface area contributed by atoms with Gasteiger partial charge in [0.15, 0.2) is 5.78 Å². The number of carbonyl (C=O) groups excluding carboxylic acids is 2. The molecule has 0 bridgehead atoms. The van der Waals surface area contributed by atoms with Gasteiger partial charge in [0.25, 0.3) is 0 Å². The van der Waals surface area contributed by atoms with Crippen LogP contribution in [-0.4, -0.2) is 23.8 Å². The Morgan fingerprint density at radius 2 is 1.81 bits per heavy atom. The summed E-state index contributed by atoms with van der Waals surface area (Å²) >= 11 is 0. The highest BCUT2D eigenvalue weighted by atomic mass is 16.5. The van der Waals surface area contributed by atoms with Crippen molar-refractivity contribution >= 4 is 28.3 Å². The number of amides is 1. The van der Waals surface area contributed by atoms with Crippen molar-refractivity contribution < 1.29 is 14.3 Å². The van der Waals surface area contributed by atoms with E-state index in [0.29, 0.717) is 23.4 Å². The first-order valence-corrected chi connectivity index (χ1v) is 8.60. The van der Waals surface area contributed by atoms with Gasteiger partial charge in [-0.1, -0.05) is 36.4 Å². The summed E-state index contributed by atoms with van der Waals surface area (Å²) in [5, 5.41) is 3.62. The molecule has 6 heteroatoms. The molecular formula is C21H20N2O4. The Bertz CT molecular complexity index is 1030. The minimum absolute atomic E-state index is 0.0715. The number of benzene rings is 2. The summed E-state index contributed by atoms with van der Waals surface area (Å²) in [5.41, 5.74) is 2.32. The van der Waals surface area contributed by atoms with Gasteiger partial charge in [0.05, 0.1) is 12.1 Å². The minimum atomic E-state index is -0.256. The van der Waals surface area contributed by atoms with Crippen molar-refractivity contribution in [3.05, 3.63) is 76.1 Å². The van der Waals surface area contributed by atoms with Gasteiger partial charge in [-0.2, -0.15) is 0 Å². The van der Waals surface area contributed by atoms with Crippen molar-refractivity contribution in [1.82, 2.24) is 4.98 Å². The van der Waals surface area contributed by atoms with Crippen LogP contribution in [0, 0.1) is 0 Å². The number of aromatic nitrogens is 1. The van der Waals surface area contributed by atoms with Gasteiger partial charge >= 0.3 is 0 Å². The summed E-state index contributed by atoms with van der Waals surface area (Å²) in [4.78, 5) is 38.8. The van der Waals surface area contributed by atoms with Gasteiger partial charge in [-0.25, -0.2) is 0 Å². The summed E-state index contributed by atoms with van der Waals surface area (Å²) in [5.74, 6) is -0.327. The minimum Gasteiger partial charge on any atom is -0.380 e. The number of pyridine rings is 1. The first-order chi connectivity index (χ1) is 13.1. The van der Waals surface area contributed by atoms with E-state index in [1.54, 1.807) is 43.5 Å². The second-order valence-electron chi connectivity index (χ2n) is 6.19. The lowest BCUT2D eigenvalue weighted by molar-refractivity contribution is -0.116. The molecule has 0 saturated heterocycles. The lowest BCUT2D eigenvalue weighted by atomic mass is 10.1. The Morgan fingerprint density at radius 1 is 1.04 bits per heavy atom. The van der Waals surface area contributed by atoms with Crippen LogP contribution in [0.4, 0.5) is 5.69 Å². The topological polar surface area (TPSA) is 88.3 Å². The number of hydrogen-bond donors (Lipinski definition) is 2. The number of hydrogen-bond acceptors (Lipinski definition) is 4. The Kier molecular flexibility index (Phi) is 5.78. The molecule has 3 aromatic rings. The number of nitrogens with one attached hydrogen (secondary N) is 2. The summed E-state index contributed by atoms with van der Waals surface area (Å²) in [7, 11) is 1.57. The largest absolute Gasteiger partial charge is 0.380 e. The van der Waals surface area contributed by atoms with Crippen molar-refractivity contribution in [3.63, 3.8) is 0 Å². The lowest BCUT2D eigenvalue weighted by Gasteiger charge is -2.09. The molecule has 2 N–H and O–H groups in total. The molecule has 0 fully saturated rings. The molecule has 1 heterocycles. The molecule has 1 amide bonds. The standard InChI is InChI=1S/C21H20N2O4/c1-27-13-15-11-21(26)23-18-12-16(7-8-17(15)18)22-20(25)10-9-19(24)14-5-3-2-4-6-14/h2-8,11-12H,9-10,13H2,1H3,(H,22,25)(H,23,26). The molecule has 138 valence electrons. The first kappa shape index (κ1) is 18.5. The predicted octanol–water partition coefficient (Wildman–Crippen LogP) is 3.28. The van der Waals surface area contributed by atoms with Crippen LogP contribution < -0.4 is 10.9 Å². The molecule has 0 spiro atoms. The highest BCUT2D eigenvalue weighted by molar-refractivity contribution is 6.00. The van der Waals surface area contributed by atoms with E-state index in [-0.39, 0.29) is 30.1 Å². The van der Waals surface area contributed by atoms with E-state index in [2.05, 4.69) is 10.3 Å². The number of rotatable bonds is 7. The third kappa shape index (κ3) is 4.68. The Balaban J connectivity index is 1.68. The number of carbonyl (C=O) groups is 2. The summed E-state index contributed by atoms with van der Waals surface area (Å²) in [6.45, 7) is 0.327. The molecule has 0 aliphatic heterocycles. The van der Waals surface area contributed by atoms with E-state index in [1.807, 2.05) is 12.1 Å². The molecule has 1 aromatic heterocycles. The molecule has 0 aliphatic carbocycles. The van der Waals surface area contributed by atoms with Crippen LogP contribution in [0.3, 0.4) is 0 Å². The Hall–Kier alpha value is -3.25. The number of fused-ring (bicyclic) bond motifs is 1. The molecule has 0 aliphatic rings. The van der Waals surface area contributed by atoms with Crippen LogP contribution in [0.1, 0.15) is 28.8 Å².